The lowest BCUT2D eigenvalue weighted by Crippen LogP contribution is -2.46. The number of piperidine rings is 1. The average molecular weight is 552 g/mol. The van der Waals surface area contributed by atoms with Crippen molar-refractivity contribution >= 4 is 11.0 Å². The number of likely N-dealkylation sites (tertiary alicyclic amines) is 1. The summed E-state index contributed by atoms with van der Waals surface area (Å²) in [5.74, 6) is -0.191. The zero-order valence-electron chi connectivity index (χ0n) is 22.1. The molecule has 1 saturated heterocycles. The van der Waals surface area contributed by atoms with E-state index in [1.807, 2.05) is 0 Å². The van der Waals surface area contributed by atoms with Crippen LogP contribution >= 0.6 is 0 Å². The summed E-state index contributed by atoms with van der Waals surface area (Å²) < 4.78 is 43.7. The van der Waals surface area contributed by atoms with Crippen LogP contribution in [0.15, 0.2) is 82.0 Å². The summed E-state index contributed by atoms with van der Waals surface area (Å²) in [5, 5.41) is 23.4. The maximum Gasteiger partial charge on any atom is 0.336 e. The molecule has 5 rings (SSSR count). The summed E-state index contributed by atoms with van der Waals surface area (Å²) in [4.78, 5) is 13.6. The van der Waals surface area contributed by atoms with Gasteiger partial charge in [-0.3, -0.25) is 0 Å². The molecule has 0 aliphatic carbocycles. The van der Waals surface area contributed by atoms with Crippen LogP contribution in [-0.4, -0.2) is 54.6 Å². The third-order valence-electron chi connectivity index (χ3n) is 7.55. The van der Waals surface area contributed by atoms with Crippen molar-refractivity contribution in [3.05, 3.63) is 106 Å². The van der Waals surface area contributed by atoms with E-state index in [-0.39, 0.29) is 12.5 Å². The van der Waals surface area contributed by atoms with Crippen LogP contribution in [0.1, 0.15) is 24.0 Å². The Bertz CT molecular complexity index is 1450. The summed E-state index contributed by atoms with van der Waals surface area (Å²) in [6.45, 7) is 1.62. The van der Waals surface area contributed by atoms with Gasteiger partial charge in [0.05, 0.1) is 7.11 Å². The van der Waals surface area contributed by atoms with Gasteiger partial charge in [-0.15, -0.1) is 0 Å². The zero-order chi connectivity index (χ0) is 28.3. The maximum atomic E-state index is 13.6. The number of ether oxygens (including phenoxy) is 2. The first-order chi connectivity index (χ1) is 19.3. The number of halogens is 2. The zero-order valence-corrected chi connectivity index (χ0v) is 22.1. The van der Waals surface area contributed by atoms with E-state index in [0.717, 1.165) is 0 Å². The molecule has 1 unspecified atom stereocenters. The van der Waals surface area contributed by atoms with Crippen molar-refractivity contribution in [3.63, 3.8) is 0 Å². The highest BCUT2D eigenvalue weighted by molar-refractivity contribution is 5.80. The van der Waals surface area contributed by atoms with Crippen molar-refractivity contribution in [1.29, 1.82) is 0 Å². The lowest BCUT2D eigenvalue weighted by atomic mass is 9.72. The minimum absolute atomic E-state index is 0.0215. The Hall–Kier alpha value is -3.79. The molecule has 1 atom stereocenters. The van der Waals surface area contributed by atoms with Crippen molar-refractivity contribution < 1.29 is 32.9 Å². The van der Waals surface area contributed by atoms with E-state index in [1.54, 1.807) is 42.5 Å². The lowest BCUT2D eigenvalue weighted by Gasteiger charge is -2.42. The molecule has 3 aromatic carbocycles. The molecule has 40 heavy (non-hydrogen) atoms. The Balaban J connectivity index is 1.23. The van der Waals surface area contributed by atoms with E-state index < -0.39 is 29.0 Å². The van der Waals surface area contributed by atoms with Crippen molar-refractivity contribution in [2.45, 2.75) is 24.5 Å². The third kappa shape index (κ3) is 5.86. The van der Waals surface area contributed by atoms with Crippen molar-refractivity contribution in [1.82, 2.24) is 4.90 Å². The second-order valence-corrected chi connectivity index (χ2v) is 10.1. The number of hydrogen-bond donors (Lipinski definition) is 2. The molecule has 2 heterocycles. The fourth-order valence-electron chi connectivity index (χ4n) is 5.46. The molecule has 0 saturated carbocycles. The molecule has 1 aromatic heterocycles. The van der Waals surface area contributed by atoms with Gasteiger partial charge in [0, 0.05) is 24.1 Å². The number of aliphatic hydroxyl groups excluding tert-OH is 1. The predicted molar refractivity (Wildman–Crippen MR) is 146 cm³/mol. The van der Waals surface area contributed by atoms with Crippen molar-refractivity contribution in [2.75, 3.05) is 33.4 Å². The van der Waals surface area contributed by atoms with Crippen molar-refractivity contribution in [3.8, 4) is 11.5 Å². The first-order valence-electron chi connectivity index (χ1n) is 13.2. The number of benzene rings is 3. The first kappa shape index (κ1) is 27.8. The summed E-state index contributed by atoms with van der Waals surface area (Å²) in [7, 11) is 1.48. The van der Waals surface area contributed by atoms with Crippen LogP contribution in [0.4, 0.5) is 8.78 Å². The standard InChI is InChI=1S/C31H31F2NO6/c1-38-28-17-27-20(2-11-30(36)40-27)16-29(28)39-19-26(35)18-34-14-12-23(13-15-34)31(37,21-3-7-24(32)8-4-21)22-5-9-25(33)10-6-22/h2-11,16-17,23,26,35,37H,12-15,18-19H2,1H3. The van der Waals surface area contributed by atoms with Gasteiger partial charge in [-0.2, -0.15) is 0 Å². The Morgan fingerprint density at radius 2 is 1.55 bits per heavy atom. The quantitative estimate of drug-likeness (QED) is 0.297. The smallest absolute Gasteiger partial charge is 0.336 e. The molecular weight excluding hydrogens is 520 g/mol. The second kappa shape index (κ2) is 11.8. The van der Waals surface area contributed by atoms with E-state index in [9.17, 15) is 23.8 Å². The van der Waals surface area contributed by atoms with Crippen LogP contribution in [0.5, 0.6) is 11.5 Å². The fourth-order valence-corrected chi connectivity index (χ4v) is 5.46. The van der Waals surface area contributed by atoms with Gasteiger partial charge in [0.1, 0.15) is 35.5 Å². The van der Waals surface area contributed by atoms with Crippen LogP contribution in [0, 0.1) is 17.6 Å². The molecule has 2 N–H and O–H groups in total. The summed E-state index contributed by atoms with van der Waals surface area (Å²) in [6.07, 6.45) is 0.434. The number of nitrogens with zero attached hydrogens (tertiary/aromatic N) is 1. The van der Waals surface area contributed by atoms with Crippen LogP contribution < -0.4 is 15.1 Å². The average Bonchev–Trinajstić information content (AvgIpc) is 2.96. The maximum absolute atomic E-state index is 13.6. The molecule has 1 aliphatic rings. The van der Waals surface area contributed by atoms with Gasteiger partial charge < -0.3 is 29.0 Å². The number of fused-ring (bicyclic) bond motifs is 1. The van der Waals surface area contributed by atoms with E-state index >= 15 is 0 Å². The fraction of sp³-hybridized carbons (Fsp3) is 0.323. The minimum Gasteiger partial charge on any atom is -0.493 e. The molecule has 0 spiro atoms. The number of methoxy groups -OCH3 is 1. The number of aliphatic hydroxyl groups is 2. The molecule has 1 fully saturated rings. The molecule has 0 amide bonds. The van der Waals surface area contributed by atoms with Gasteiger partial charge >= 0.3 is 5.63 Å². The Morgan fingerprint density at radius 1 is 0.950 bits per heavy atom. The van der Waals surface area contributed by atoms with Gasteiger partial charge in [-0.25, -0.2) is 13.6 Å². The highest BCUT2D eigenvalue weighted by Crippen LogP contribution is 2.42. The minimum atomic E-state index is -1.42. The Labute approximate surface area is 230 Å². The van der Waals surface area contributed by atoms with E-state index in [2.05, 4.69) is 4.90 Å². The van der Waals surface area contributed by atoms with Crippen LogP contribution in [0.2, 0.25) is 0 Å². The van der Waals surface area contributed by atoms with Gasteiger partial charge in [0.25, 0.3) is 0 Å². The normalized spacial score (nSPS) is 15.7. The topological polar surface area (TPSA) is 92.4 Å². The van der Waals surface area contributed by atoms with Gasteiger partial charge in [0.15, 0.2) is 11.5 Å². The van der Waals surface area contributed by atoms with Gasteiger partial charge in [-0.05, 0) is 79.4 Å². The lowest BCUT2D eigenvalue weighted by molar-refractivity contribution is -0.0223. The Kier molecular flexibility index (Phi) is 8.16. The molecule has 4 aromatic rings. The highest BCUT2D eigenvalue weighted by Gasteiger charge is 2.41. The molecule has 210 valence electrons. The SMILES string of the molecule is COc1cc2oc(=O)ccc2cc1OCC(O)CN1CCC(C(O)(c2ccc(F)cc2)c2ccc(F)cc2)CC1. The monoisotopic (exact) mass is 551 g/mol. The number of rotatable bonds is 9. The van der Waals surface area contributed by atoms with Gasteiger partial charge in [0.2, 0.25) is 0 Å². The molecule has 0 bridgehead atoms. The van der Waals surface area contributed by atoms with Crippen LogP contribution in [0.25, 0.3) is 11.0 Å². The number of hydrogen-bond acceptors (Lipinski definition) is 7. The van der Waals surface area contributed by atoms with E-state index in [1.165, 1.54) is 37.4 Å². The molecule has 9 heteroatoms. The summed E-state index contributed by atoms with van der Waals surface area (Å²) in [6, 6.07) is 17.8. The third-order valence-corrected chi connectivity index (χ3v) is 7.55. The van der Waals surface area contributed by atoms with Crippen LogP contribution in [-0.2, 0) is 5.60 Å². The number of β-amino-alcohol motifs (C(OH)–C–C–N with tert-alkyl or cyclic N) is 1. The van der Waals surface area contributed by atoms with Gasteiger partial charge in [-0.1, -0.05) is 24.3 Å². The Morgan fingerprint density at radius 3 is 2.12 bits per heavy atom. The van der Waals surface area contributed by atoms with Crippen LogP contribution in [0.3, 0.4) is 0 Å². The molecular formula is C31H31F2NO6. The van der Waals surface area contributed by atoms with Crippen molar-refractivity contribution in [2.24, 2.45) is 5.92 Å². The second-order valence-electron chi connectivity index (χ2n) is 10.1. The summed E-state index contributed by atoms with van der Waals surface area (Å²) >= 11 is 0. The summed E-state index contributed by atoms with van der Waals surface area (Å²) in [5.41, 5.74) is -0.398. The largest absolute Gasteiger partial charge is 0.493 e. The first-order valence-corrected chi connectivity index (χ1v) is 13.2. The van der Waals surface area contributed by atoms with E-state index in [0.29, 0.717) is 66.1 Å². The highest BCUT2D eigenvalue weighted by atomic mass is 19.1. The molecule has 1 aliphatic heterocycles. The predicted octanol–water partition coefficient (Wildman–Crippen LogP) is 4.47. The molecule has 7 nitrogen and oxygen atoms in total. The molecule has 0 radical (unpaired) electrons. The van der Waals surface area contributed by atoms with E-state index in [4.69, 9.17) is 13.9 Å².